The monoisotopic (exact) mass is 439 g/mol. The van der Waals surface area contributed by atoms with Gasteiger partial charge in [-0.05, 0) is 77.6 Å². The largest absolute Gasteiger partial charge is 0.361 e. The van der Waals surface area contributed by atoms with E-state index in [1.54, 1.807) is 13.1 Å². The summed E-state index contributed by atoms with van der Waals surface area (Å²) in [7, 11) is 0. The van der Waals surface area contributed by atoms with Crippen LogP contribution >= 0.6 is 0 Å². The normalized spacial score (nSPS) is 31.0. The third-order valence-corrected chi connectivity index (χ3v) is 7.53. The van der Waals surface area contributed by atoms with E-state index in [1.807, 2.05) is 17.7 Å². The van der Waals surface area contributed by atoms with Crippen molar-refractivity contribution in [3.05, 3.63) is 23.6 Å². The Balaban J connectivity index is 1.42. The van der Waals surface area contributed by atoms with Gasteiger partial charge in [0.2, 0.25) is 5.91 Å². The van der Waals surface area contributed by atoms with Crippen LogP contribution in [0.4, 0.5) is 0 Å². The fourth-order valence-corrected chi connectivity index (χ4v) is 6.76. The van der Waals surface area contributed by atoms with Crippen LogP contribution in [0.25, 0.3) is 11.4 Å². The zero-order valence-corrected chi connectivity index (χ0v) is 19.6. The minimum atomic E-state index is -0.311. The number of nitrogens with one attached hydrogen (secondary N) is 2. The first-order valence-electron chi connectivity index (χ1n) is 11.7. The van der Waals surface area contributed by atoms with Crippen molar-refractivity contribution in [1.29, 1.82) is 0 Å². The second kappa shape index (κ2) is 7.18. The van der Waals surface area contributed by atoms with Crippen molar-refractivity contribution < 1.29 is 14.1 Å². The number of amides is 2. The summed E-state index contributed by atoms with van der Waals surface area (Å²) in [5, 5.41) is 15.4. The van der Waals surface area contributed by atoms with Crippen LogP contribution in [0.5, 0.6) is 0 Å². The molecule has 2 unspecified atom stereocenters. The third-order valence-electron chi connectivity index (χ3n) is 7.53. The fourth-order valence-electron chi connectivity index (χ4n) is 6.76. The molecule has 0 spiro atoms. The number of aryl methyl sites for hydroxylation is 1. The lowest BCUT2D eigenvalue weighted by Gasteiger charge is -2.60. The molecule has 4 aliphatic rings. The maximum atomic E-state index is 13.5. The zero-order chi connectivity index (χ0) is 22.8. The summed E-state index contributed by atoms with van der Waals surface area (Å²) in [4.78, 5) is 25.4. The van der Waals surface area contributed by atoms with Crippen molar-refractivity contribution >= 4 is 11.8 Å². The average molecular weight is 440 g/mol. The van der Waals surface area contributed by atoms with Crippen molar-refractivity contribution in [2.75, 3.05) is 0 Å². The van der Waals surface area contributed by atoms with Crippen molar-refractivity contribution in [1.82, 2.24) is 25.6 Å². The van der Waals surface area contributed by atoms with E-state index < -0.39 is 0 Å². The molecule has 2 aromatic heterocycles. The molecule has 0 radical (unpaired) electrons. The first-order valence-corrected chi connectivity index (χ1v) is 11.7. The summed E-state index contributed by atoms with van der Waals surface area (Å²) < 4.78 is 7.15. The van der Waals surface area contributed by atoms with Crippen LogP contribution in [-0.4, -0.2) is 38.3 Å². The van der Waals surface area contributed by atoms with E-state index in [-0.39, 0.29) is 28.9 Å². The van der Waals surface area contributed by atoms with Gasteiger partial charge in [0.1, 0.15) is 17.1 Å². The topological polar surface area (TPSA) is 102 Å². The average Bonchev–Trinajstić information content (AvgIpc) is 3.28. The molecule has 0 aromatic carbocycles. The van der Waals surface area contributed by atoms with Gasteiger partial charge in [-0.3, -0.25) is 14.3 Å². The Morgan fingerprint density at radius 1 is 1.19 bits per heavy atom. The van der Waals surface area contributed by atoms with Gasteiger partial charge < -0.3 is 15.2 Å². The lowest BCUT2D eigenvalue weighted by Crippen LogP contribution is -2.66. The third kappa shape index (κ3) is 3.53. The van der Waals surface area contributed by atoms with Gasteiger partial charge in [0.05, 0.1) is 17.3 Å². The van der Waals surface area contributed by atoms with Crippen LogP contribution in [0, 0.1) is 24.7 Å². The van der Waals surface area contributed by atoms with Crippen molar-refractivity contribution in [2.45, 2.75) is 83.8 Å². The molecule has 2 atom stereocenters. The zero-order valence-electron chi connectivity index (χ0n) is 19.6. The molecular formula is C24H33N5O3. The molecule has 2 amide bonds. The number of carbonyl (C=O) groups excluding carboxylic acids is 2. The summed E-state index contributed by atoms with van der Waals surface area (Å²) in [6.07, 6.45) is 6.87. The SMILES string of the molecule is CC(=O)NC12CC3CC(C1)C(NC(=O)c1cnn(C(C)(C)C)c1-c1cc(C)on1)C(C3)C2. The quantitative estimate of drug-likeness (QED) is 0.760. The molecule has 0 aliphatic heterocycles. The molecule has 4 fully saturated rings. The van der Waals surface area contributed by atoms with Gasteiger partial charge in [-0.1, -0.05) is 5.16 Å². The van der Waals surface area contributed by atoms with E-state index in [1.165, 1.54) is 0 Å². The second-order valence-corrected chi connectivity index (χ2v) is 11.2. The van der Waals surface area contributed by atoms with E-state index in [4.69, 9.17) is 4.52 Å². The molecule has 8 nitrogen and oxygen atoms in total. The van der Waals surface area contributed by atoms with Crippen molar-refractivity contribution in [2.24, 2.45) is 17.8 Å². The number of carbonyl (C=O) groups is 2. The predicted molar refractivity (Wildman–Crippen MR) is 119 cm³/mol. The maximum Gasteiger partial charge on any atom is 0.255 e. The second-order valence-electron chi connectivity index (χ2n) is 11.2. The van der Waals surface area contributed by atoms with Gasteiger partial charge in [-0.2, -0.15) is 5.10 Å². The first kappa shape index (κ1) is 21.2. The number of nitrogens with zero attached hydrogens (tertiary/aromatic N) is 3. The molecule has 4 bridgehead atoms. The van der Waals surface area contributed by atoms with Crippen LogP contribution in [0.1, 0.15) is 75.9 Å². The van der Waals surface area contributed by atoms with Crippen molar-refractivity contribution in [3.63, 3.8) is 0 Å². The van der Waals surface area contributed by atoms with Crippen LogP contribution in [0.3, 0.4) is 0 Å². The Morgan fingerprint density at radius 2 is 1.88 bits per heavy atom. The molecule has 2 N–H and O–H groups in total. The number of aromatic nitrogens is 3. The maximum absolute atomic E-state index is 13.5. The van der Waals surface area contributed by atoms with Gasteiger partial charge in [-0.25, -0.2) is 0 Å². The van der Waals surface area contributed by atoms with E-state index in [2.05, 4.69) is 41.7 Å². The highest BCUT2D eigenvalue weighted by Gasteiger charge is 2.56. The van der Waals surface area contributed by atoms with Crippen LogP contribution < -0.4 is 10.6 Å². The summed E-state index contributed by atoms with van der Waals surface area (Å²) in [5.41, 5.74) is 1.44. The Hall–Kier alpha value is -2.64. The Labute approximate surface area is 188 Å². The molecule has 0 saturated heterocycles. The molecule has 6 rings (SSSR count). The van der Waals surface area contributed by atoms with Gasteiger partial charge in [0, 0.05) is 24.6 Å². The Bertz CT molecular complexity index is 1050. The van der Waals surface area contributed by atoms with Gasteiger partial charge in [0.15, 0.2) is 0 Å². The molecule has 2 heterocycles. The van der Waals surface area contributed by atoms with Crippen LogP contribution in [0.2, 0.25) is 0 Å². The summed E-state index contributed by atoms with van der Waals surface area (Å²) in [6.45, 7) is 9.61. The number of hydrogen-bond acceptors (Lipinski definition) is 5. The van der Waals surface area contributed by atoms with E-state index in [0.717, 1.165) is 32.1 Å². The molecule has 8 heteroatoms. The highest BCUT2D eigenvalue weighted by atomic mass is 16.5. The molecule has 32 heavy (non-hydrogen) atoms. The van der Waals surface area contributed by atoms with E-state index in [0.29, 0.717) is 40.5 Å². The van der Waals surface area contributed by atoms with Gasteiger partial charge >= 0.3 is 0 Å². The van der Waals surface area contributed by atoms with Gasteiger partial charge in [-0.15, -0.1) is 0 Å². The predicted octanol–water partition coefficient (Wildman–Crippen LogP) is 3.41. The molecule has 4 aliphatic carbocycles. The highest BCUT2D eigenvalue weighted by molar-refractivity contribution is 5.99. The lowest BCUT2D eigenvalue weighted by molar-refractivity contribution is -0.125. The highest BCUT2D eigenvalue weighted by Crippen LogP contribution is 2.55. The first-order chi connectivity index (χ1) is 15.0. The molecule has 4 saturated carbocycles. The Morgan fingerprint density at radius 3 is 2.44 bits per heavy atom. The lowest BCUT2D eigenvalue weighted by atomic mass is 9.51. The van der Waals surface area contributed by atoms with Gasteiger partial charge in [0.25, 0.3) is 5.91 Å². The number of rotatable bonds is 4. The van der Waals surface area contributed by atoms with Crippen LogP contribution in [-0.2, 0) is 10.3 Å². The standard InChI is InChI=1S/C24H33N5O3/c1-13-6-19(28-32-13)21-18(12-25-29(21)23(3,4)5)22(31)26-20-16-7-15-8-17(20)11-24(9-15,10-16)27-14(2)30/h6,12,15-17,20H,7-11H2,1-5H3,(H,26,31)(H,27,30). The van der Waals surface area contributed by atoms with E-state index >= 15 is 0 Å². The molecule has 2 aromatic rings. The minimum Gasteiger partial charge on any atom is -0.361 e. The van der Waals surface area contributed by atoms with Crippen molar-refractivity contribution in [3.8, 4) is 11.4 Å². The van der Waals surface area contributed by atoms with Crippen LogP contribution in [0.15, 0.2) is 16.8 Å². The Kier molecular flexibility index (Phi) is 4.76. The minimum absolute atomic E-state index is 0.0506. The summed E-state index contributed by atoms with van der Waals surface area (Å²) in [6, 6.07) is 1.97. The molecule has 172 valence electrons. The van der Waals surface area contributed by atoms with E-state index in [9.17, 15) is 9.59 Å². The summed E-state index contributed by atoms with van der Waals surface area (Å²) >= 11 is 0. The molecular weight excluding hydrogens is 406 g/mol. The number of hydrogen-bond donors (Lipinski definition) is 2. The fraction of sp³-hybridized carbons (Fsp3) is 0.667. The summed E-state index contributed by atoms with van der Waals surface area (Å²) in [5.74, 6) is 2.07. The smallest absolute Gasteiger partial charge is 0.255 e.